The first-order valence-electron chi connectivity index (χ1n) is 8.36. The number of fused-ring (bicyclic) bond motifs is 1. The molecule has 0 fully saturated rings. The quantitative estimate of drug-likeness (QED) is 0.367. The van der Waals surface area contributed by atoms with E-state index in [2.05, 4.69) is 11.1 Å². The van der Waals surface area contributed by atoms with Crippen LogP contribution in [0.3, 0.4) is 0 Å². The Hall–Kier alpha value is -3.55. The van der Waals surface area contributed by atoms with Gasteiger partial charge in [-0.3, -0.25) is 0 Å². The van der Waals surface area contributed by atoms with E-state index in [1.807, 2.05) is 12.3 Å². The number of aliphatic hydroxyl groups excluding tert-OH is 1. The van der Waals surface area contributed by atoms with E-state index in [0.717, 1.165) is 0 Å². The lowest BCUT2D eigenvalue weighted by molar-refractivity contribution is -0.0567. The van der Waals surface area contributed by atoms with Gasteiger partial charge in [0.15, 0.2) is 6.19 Å². The maximum Gasteiger partial charge on any atom is 0.210 e. The SMILES string of the molecule is CC1(C)Oc2ccc(C#N)cc2[C@@H](N=C(N)N(C#N)c2ccccc2)[C@@H]1O. The monoisotopic (exact) mass is 361 g/mol. The van der Waals surface area contributed by atoms with E-state index in [9.17, 15) is 15.6 Å². The van der Waals surface area contributed by atoms with E-state index in [1.54, 1.807) is 56.3 Å². The average Bonchev–Trinajstić information content (AvgIpc) is 2.66. The Labute approximate surface area is 157 Å². The summed E-state index contributed by atoms with van der Waals surface area (Å²) in [6.45, 7) is 3.49. The van der Waals surface area contributed by atoms with E-state index in [4.69, 9.17) is 10.5 Å². The lowest BCUT2D eigenvalue weighted by Gasteiger charge is -2.40. The van der Waals surface area contributed by atoms with E-state index < -0.39 is 17.7 Å². The summed E-state index contributed by atoms with van der Waals surface area (Å²) in [7, 11) is 0. The van der Waals surface area contributed by atoms with Gasteiger partial charge in [-0.1, -0.05) is 18.2 Å². The molecule has 0 aliphatic carbocycles. The van der Waals surface area contributed by atoms with Crippen molar-refractivity contribution in [1.82, 2.24) is 0 Å². The first-order valence-corrected chi connectivity index (χ1v) is 8.36. The van der Waals surface area contributed by atoms with E-state index >= 15 is 0 Å². The Kier molecular flexibility index (Phi) is 4.72. The number of nitrogens with zero attached hydrogens (tertiary/aromatic N) is 4. The van der Waals surface area contributed by atoms with Crippen molar-refractivity contribution in [3.63, 3.8) is 0 Å². The van der Waals surface area contributed by atoms with Crippen molar-refractivity contribution < 1.29 is 9.84 Å². The highest BCUT2D eigenvalue weighted by Crippen LogP contribution is 2.42. The molecule has 136 valence electrons. The van der Waals surface area contributed by atoms with Gasteiger partial charge in [0, 0.05) is 5.56 Å². The number of hydrogen-bond acceptors (Lipinski definition) is 5. The number of anilines is 1. The van der Waals surface area contributed by atoms with Crippen LogP contribution in [0.25, 0.3) is 0 Å². The Morgan fingerprint density at radius 3 is 2.56 bits per heavy atom. The minimum atomic E-state index is -1.02. The first kappa shape index (κ1) is 18.2. The van der Waals surface area contributed by atoms with Gasteiger partial charge in [0.1, 0.15) is 23.5 Å². The summed E-state index contributed by atoms with van der Waals surface area (Å²) in [5, 5.41) is 29.5. The van der Waals surface area contributed by atoms with Crippen molar-refractivity contribution in [2.45, 2.75) is 31.6 Å². The van der Waals surface area contributed by atoms with Gasteiger partial charge in [-0.15, -0.1) is 0 Å². The van der Waals surface area contributed by atoms with Crippen LogP contribution in [0.2, 0.25) is 0 Å². The molecule has 0 aromatic heterocycles. The molecule has 1 aliphatic heterocycles. The Morgan fingerprint density at radius 2 is 1.93 bits per heavy atom. The van der Waals surface area contributed by atoms with Gasteiger partial charge in [-0.25, -0.2) is 9.89 Å². The molecule has 2 aromatic carbocycles. The zero-order valence-corrected chi connectivity index (χ0v) is 15.0. The van der Waals surface area contributed by atoms with E-state index in [0.29, 0.717) is 22.6 Å². The predicted molar refractivity (Wildman–Crippen MR) is 101 cm³/mol. The number of nitriles is 2. The molecule has 3 N–H and O–H groups in total. The highest BCUT2D eigenvalue weighted by atomic mass is 16.5. The molecule has 0 radical (unpaired) electrons. The van der Waals surface area contributed by atoms with Crippen LogP contribution in [0, 0.1) is 22.8 Å². The Bertz CT molecular complexity index is 957. The van der Waals surface area contributed by atoms with Crippen molar-refractivity contribution in [3.8, 4) is 18.0 Å². The van der Waals surface area contributed by atoms with Crippen molar-refractivity contribution >= 4 is 11.6 Å². The molecule has 0 saturated carbocycles. The number of benzene rings is 2. The highest BCUT2D eigenvalue weighted by molar-refractivity contribution is 5.97. The molecule has 1 aliphatic rings. The fourth-order valence-electron chi connectivity index (χ4n) is 2.99. The van der Waals surface area contributed by atoms with Crippen molar-refractivity contribution in [3.05, 3.63) is 59.7 Å². The molecule has 27 heavy (non-hydrogen) atoms. The van der Waals surface area contributed by atoms with Gasteiger partial charge in [-0.2, -0.15) is 10.5 Å². The average molecular weight is 361 g/mol. The summed E-state index contributed by atoms with van der Waals surface area (Å²) in [5.74, 6) is 0.466. The van der Waals surface area contributed by atoms with Crippen LogP contribution < -0.4 is 15.4 Å². The lowest BCUT2D eigenvalue weighted by atomic mass is 9.86. The van der Waals surface area contributed by atoms with Crippen molar-refractivity contribution in [2.24, 2.45) is 10.7 Å². The van der Waals surface area contributed by atoms with Gasteiger partial charge in [0.05, 0.1) is 17.3 Å². The molecule has 7 heteroatoms. The molecule has 0 saturated heterocycles. The van der Waals surface area contributed by atoms with Crippen LogP contribution in [-0.4, -0.2) is 22.8 Å². The molecule has 1 heterocycles. The highest BCUT2D eigenvalue weighted by Gasteiger charge is 2.43. The standard InChI is InChI=1S/C20H19N5O2/c1-20(2)18(26)17(15-10-13(11-21)8-9-16(15)27-20)24-19(23)25(12-22)14-6-4-3-5-7-14/h3-10,17-18,26H,1-2H3,(H2,23,24)/t17-,18+/m1/s1. The molecule has 0 unspecified atom stereocenters. The largest absolute Gasteiger partial charge is 0.485 e. The van der Waals surface area contributed by atoms with Gasteiger partial charge < -0.3 is 15.6 Å². The Balaban J connectivity index is 2.08. The fraction of sp³-hybridized carbons (Fsp3) is 0.250. The molecule has 2 atom stereocenters. The number of para-hydroxylation sites is 1. The van der Waals surface area contributed by atoms with E-state index in [1.165, 1.54) is 4.90 Å². The molecule has 3 rings (SSSR count). The number of hydrogen-bond donors (Lipinski definition) is 2. The maximum atomic E-state index is 10.8. The molecule has 0 amide bonds. The maximum absolute atomic E-state index is 10.8. The van der Waals surface area contributed by atoms with Crippen LogP contribution in [0.15, 0.2) is 53.5 Å². The predicted octanol–water partition coefficient (Wildman–Crippen LogP) is 2.43. The second kappa shape index (κ2) is 6.99. The topological polar surface area (TPSA) is 119 Å². The molecular weight excluding hydrogens is 342 g/mol. The number of nitrogens with two attached hydrogens (primary N) is 1. The second-order valence-corrected chi connectivity index (χ2v) is 6.72. The normalized spacial score (nSPS) is 20.6. The molecule has 0 bridgehead atoms. The summed E-state index contributed by atoms with van der Waals surface area (Å²) in [6.07, 6.45) is 0.982. The van der Waals surface area contributed by atoms with Crippen LogP contribution in [0.1, 0.15) is 31.0 Å². The smallest absolute Gasteiger partial charge is 0.210 e. The summed E-state index contributed by atoms with van der Waals surface area (Å²) < 4.78 is 5.87. The summed E-state index contributed by atoms with van der Waals surface area (Å²) in [5.41, 5.74) is 6.72. The van der Waals surface area contributed by atoms with Crippen LogP contribution in [0.4, 0.5) is 5.69 Å². The molecular formula is C20H19N5O2. The lowest BCUT2D eigenvalue weighted by Crippen LogP contribution is -2.49. The van der Waals surface area contributed by atoms with Crippen molar-refractivity contribution in [1.29, 1.82) is 10.5 Å². The first-order chi connectivity index (χ1) is 12.9. The fourth-order valence-corrected chi connectivity index (χ4v) is 2.99. The van der Waals surface area contributed by atoms with Gasteiger partial charge in [0.2, 0.25) is 5.96 Å². The molecule has 7 nitrogen and oxygen atoms in total. The third kappa shape index (κ3) is 3.41. The molecule has 0 spiro atoms. The number of aliphatic hydroxyl groups is 1. The summed E-state index contributed by atoms with van der Waals surface area (Å²) in [4.78, 5) is 5.62. The van der Waals surface area contributed by atoms with Crippen LogP contribution in [-0.2, 0) is 0 Å². The third-order valence-electron chi connectivity index (χ3n) is 4.46. The molecule has 2 aromatic rings. The minimum Gasteiger partial charge on any atom is -0.485 e. The zero-order chi connectivity index (χ0) is 19.6. The number of guanidine groups is 1. The van der Waals surface area contributed by atoms with Crippen molar-refractivity contribution in [2.75, 3.05) is 4.90 Å². The van der Waals surface area contributed by atoms with E-state index in [-0.39, 0.29) is 5.96 Å². The number of aliphatic imine (C=N–C) groups is 1. The second-order valence-electron chi connectivity index (χ2n) is 6.72. The summed E-state index contributed by atoms with van der Waals surface area (Å²) >= 11 is 0. The van der Waals surface area contributed by atoms with Crippen LogP contribution >= 0.6 is 0 Å². The number of rotatable bonds is 2. The zero-order valence-electron chi connectivity index (χ0n) is 15.0. The summed E-state index contributed by atoms with van der Waals surface area (Å²) in [6, 6.07) is 15.1. The Morgan fingerprint density at radius 1 is 1.22 bits per heavy atom. The van der Waals surface area contributed by atoms with Gasteiger partial charge in [-0.05, 0) is 44.2 Å². The third-order valence-corrected chi connectivity index (χ3v) is 4.46. The van der Waals surface area contributed by atoms with Gasteiger partial charge in [0.25, 0.3) is 0 Å². The van der Waals surface area contributed by atoms with Gasteiger partial charge >= 0.3 is 0 Å². The minimum absolute atomic E-state index is 0.0567. The number of ether oxygens (including phenoxy) is 1. The van der Waals surface area contributed by atoms with Crippen LogP contribution in [0.5, 0.6) is 5.75 Å².